The van der Waals surface area contributed by atoms with Crippen LogP contribution in [0.25, 0.3) is 16.7 Å². The first kappa shape index (κ1) is 13.3. The van der Waals surface area contributed by atoms with Gasteiger partial charge in [-0.2, -0.15) is 0 Å². The predicted molar refractivity (Wildman–Crippen MR) is 82.9 cm³/mol. The molecule has 0 saturated carbocycles. The van der Waals surface area contributed by atoms with E-state index in [0.717, 1.165) is 22.3 Å². The molecular weight excluding hydrogens is 295 g/mol. The Bertz CT molecular complexity index is 879. The third kappa shape index (κ3) is 2.05. The zero-order valence-electron chi connectivity index (χ0n) is 11.0. The molecule has 0 spiro atoms. The van der Waals surface area contributed by atoms with Gasteiger partial charge in [-0.3, -0.25) is 4.57 Å². The maximum Gasteiger partial charge on any atom is 0.182 e. The minimum atomic E-state index is -0.452. The number of aromatic amines is 1. The molecule has 20 heavy (non-hydrogen) atoms. The zero-order chi connectivity index (χ0) is 14.4. The van der Waals surface area contributed by atoms with E-state index in [0.29, 0.717) is 10.3 Å². The van der Waals surface area contributed by atoms with Crippen LogP contribution < -0.4 is 0 Å². The molecule has 0 saturated heterocycles. The van der Waals surface area contributed by atoms with Crippen LogP contribution in [0.3, 0.4) is 0 Å². The van der Waals surface area contributed by atoms with Crippen LogP contribution in [0.15, 0.2) is 30.3 Å². The van der Waals surface area contributed by atoms with Crippen LogP contribution in [-0.4, -0.2) is 9.55 Å². The van der Waals surface area contributed by atoms with E-state index in [9.17, 15) is 4.39 Å². The van der Waals surface area contributed by atoms with Gasteiger partial charge in [0.05, 0.1) is 21.7 Å². The van der Waals surface area contributed by atoms with Gasteiger partial charge in [0.25, 0.3) is 0 Å². The predicted octanol–water partition coefficient (Wildman–Crippen LogP) is 5.10. The van der Waals surface area contributed by atoms with Gasteiger partial charge in [0.1, 0.15) is 5.82 Å². The monoisotopic (exact) mass is 306 g/mol. The summed E-state index contributed by atoms with van der Waals surface area (Å²) in [5.74, 6) is -0.452. The first-order chi connectivity index (χ1) is 9.47. The van der Waals surface area contributed by atoms with Gasteiger partial charge in [-0.15, -0.1) is 0 Å². The largest absolute Gasteiger partial charge is 0.330 e. The molecule has 0 unspecified atom stereocenters. The van der Waals surface area contributed by atoms with Crippen molar-refractivity contribution in [2.24, 2.45) is 0 Å². The number of nitrogens with zero attached hydrogens (tertiary/aromatic N) is 1. The molecule has 1 heterocycles. The van der Waals surface area contributed by atoms with Crippen LogP contribution in [0, 0.1) is 24.4 Å². The summed E-state index contributed by atoms with van der Waals surface area (Å²) >= 11 is 11.2. The average molecular weight is 307 g/mol. The van der Waals surface area contributed by atoms with E-state index < -0.39 is 5.82 Å². The van der Waals surface area contributed by atoms with E-state index in [-0.39, 0.29) is 5.02 Å². The molecule has 0 atom stereocenters. The summed E-state index contributed by atoms with van der Waals surface area (Å²) in [7, 11) is 0. The molecule has 3 rings (SSSR count). The number of fused-ring (bicyclic) bond motifs is 1. The van der Waals surface area contributed by atoms with Gasteiger partial charge >= 0.3 is 0 Å². The number of aromatic nitrogens is 2. The summed E-state index contributed by atoms with van der Waals surface area (Å²) in [6.45, 7) is 4.01. The minimum absolute atomic E-state index is 0.0851. The number of aryl methyl sites for hydroxylation is 2. The lowest BCUT2D eigenvalue weighted by atomic mass is 10.1. The van der Waals surface area contributed by atoms with Crippen molar-refractivity contribution in [3.63, 3.8) is 0 Å². The Morgan fingerprint density at radius 2 is 1.95 bits per heavy atom. The second-order valence-corrected chi connectivity index (χ2v) is 5.63. The molecule has 0 bridgehead atoms. The van der Waals surface area contributed by atoms with Crippen molar-refractivity contribution in [3.8, 4) is 5.69 Å². The lowest BCUT2D eigenvalue weighted by molar-refractivity contribution is 0.629. The van der Waals surface area contributed by atoms with E-state index in [1.807, 2.05) is 36.6 Å². The van der Waals surface area contributed by atoms with E-state index >= 15 is 0 Å². The van der Waals surface area contributed by atoms with Crippen molar-refractivity contribution in [2.75, 3.05) is 0 Å². The van der Waals surface area contributed by atoms with Crippen molar-refractivity contribution in [1.29, 1.82) is 0 Å². The fourth-order valence-corrected chi connectivity index (χ4v) is 2.77. The molecule has 1 N–H and O–H groups in total. The highest BCUT2D eigenvalue weighted by Gasteiger charge is 2.12. The van der Waals surface area contributed by atoms with Gasteiger partial charge in [-0.1, -0.05) is 23.7 Å². The van der Waals surface area contributed by atoms with Gasteiger partial charge in [0.15, 0.2) is 4.77 Å². The molecule has 0 aliphatic heterocycles. The molecule has 0 radical (unpaired) electrons. The lowest BCUT2D eigenvalue weighted by Crippen LogP contribution is -1.98. The quantitative estimate of drug-likeness (QED) is 0.620. The fraction of sp³-hybridized carbons (Fsp3) is 0.133. The van der Waals surface area contributed by atoms with E-state index in [4.69, 9.17) is 23.8 Å². The molecule has 2 nitrogen and oxygen atoms in total. The fourth-order valence-electron chi connectivity index (χ4n) is 2.30. The second-order valence-electron chi connectivity index (χ2n) is 4.84. The maximum atomic E-state index is 13.7. The Balaban J connectivity index is 2.42. The second kappa shape index (κ2) is 4.72. The standard InChI is InChI=1S/C15H12ClFN2S/c1-8-3-4-9(2)13(5-8)19-14-7-11(17)10(16)6-12(14)18-15(19)20/h3-7H,1-2H3,(H,18,20). The molecule has 2 aromatic carbocycles. The maximum absolute atomic E-state index is 13.7. The van der Waals surface area contributed by atoms with Crippen LogP contribution in [-0.2, 0) is 0 Å². The Kier molecular flexibility index (Phi) is 3.15. The number of benzene rings is 2. The SMILES string of the molecule is Cc1ccc(C)c(-n2c(=S)[nH]c3cc(Cl)c(F)cc32)c1. The number of halogens is 2. The molecule has 102 valence electrons. The number of rotatable bonds is 1. The molecule has 0 aliphatic rings. The highest BCUT2D eigenvalue weighted by atomic mass is 35.5. The normalized spacial score (nSPS) is 11.2. The Morgan fingerprint density at radius 3 is 2.70 bits per heavy atom. The van der Waals surface area contributed by atoms with Crippen LogP contribution in [0.1, 0.15) is 11.1 Å². The molecule has 0 aliphatic carbocycles. The Morgan fingerprint density at radius 1 is 1.20 bits per heavy atom. The van der Waals surface area contributed by atoms with Gasteiger partial charge < -0.3 is 4.98 Å². The van der Waals surface area contributed by atoms with E-state index in [1.54, 1.807) is 6.07 Å². The van der Waals surface area contributed by atoms with E-state index in [2.05, 4.69) is 4.98 Å². The number of H-pyrrole nitrogens is 1. The third-order valence-corrected chi connectivity index (χ3v) is 3.90. The van der Waals surface area contributed by atoms with Crippen LogP contribution in [0.5, 0.6) is 0 Å². The van der Waals surface area contributed by atoms with Gasteiger partial charge in [0.2, 0.25) is 0 Å². The summed E-state index contributed by atoms with van der Waals surface area (Å²) < 4.78 is 16.1. The van der Waals surface area contributed by atoms with Gasteiger partial charge in [0, 0.05) is 6.07 Å². The summed E-state index contributed by atoms with van der Waals surface area (Å²) in [4.78, 5) is 3.07. The van der Waals surface area contributed by atoms with Gasteiger partial charge in [-0.05, 0) is 49.3 Å². The number of hydrogen-bond acceptors (Lipinski definition) is 1. The summed E-state index contributed by atoms with van der Waals surface area (Å²) in [5, 5.41) is 0.0851. The molecular formula is C15H12ClFN2S. The van der Waals surface area contributed by atoms with Crippen LogP contribution in [0.4, 0.5) is 4.39 Å². The van der Waals surface area contributed by atoms with Crippen LogP contribution >= 0.6 is 23.8 Å². The van der Waals surface area contributed by atoms with Crippen molar-refractivity contribution >= 4 is 34.9 Å². The summed E-state index contributed by atoms with van der Waals surface area (Å²) in [6, 6.07) is 9.06. The topological polar surface area (TPSA) is 20.7 Å². The smallest absolute Gasteiger partial charge is 0.182 e. The lowest BCUT2D eigenvalue weighted by Gasteiger charge is -2.09. The van der Waals surface area contributed by atoms with Crippen molar-refractivity contribution in [1.82, 2.24) is 9.55 Å². The number of nitrogens with one attached hydrogen (secondary N) is 1. The zero-order valence-corrected chi connectivity index (χ0v) is 12.6. The molecule has 0 fully saturated rings. The van der Waals surface area contributed by atoms with Crippen molar-refractivity contribution in [2.45, 2.75) is 13.8 Å². The average Bonchev–Trinajstić information content (AvgIpc) is 2.69. The first-order valence-corrected chi connectivity index (χ1v) is 6.93. The first-order valence-electron chi connectivity index (χ1n) is 6.15. The highest BCUT2D eigenvalue weighted by molar-refractivity contribution is 7.71. The summed E-state index contributed by atoms with van der Waals surface area (Å²) in [6.07, 6.45) is 0. The Labute approximate surface area is 125 Å². The van der Waals surface area contributed by atoms with Crippen molar-refractivity contribution in [3.05, 3.63) is 57.1 Å². The van der Waals surface area contributed by atoms with Gasteiger partial charge in [-0.25, -0.2) is 4.39 Å². The van der Waals surface area contributed by atoms with E-state index in [1.165, 1.54) is 6.07 Å². The highest BCUT2D eigenvalue weighted by Crippen LogP contribution is 2.27. The minimum Gasteiger partial charge on any atom is -0.330 e. The van der Waals surface area contributed by atoms with Crippen LogP contribution in [0.2, 0.25) is 5.02 Å². The molecule has 5 heteroatoms. The van der Waals surface area contributed by atoms with Crippen molar-refractivity contribution < 1.29 is 4.39 Å². The summed E-state index contributed by atoms with van der Waals surface area (Å²) in [5.41, 5.74) is 4.55. The molecule has 1 aromatic heterocycles. The number of hydrogen-bond donors (Lipinski definition) is 1. The third-order valence-electron chi connectivity index (χ3n) is 3.33. The molecule has 3 aromatic rings. The molecule has 0 amide bonds. The Hall–Kier alpha value is -1.65. The number of imidazole rings is 1.